The molecule has 82 valence electrons. The summed E-state index contributed by atoms with van der Waals surface area (Å²) in [5, 5.41) is 6.93. The largest absolute Gasteiger partial charge is 0.309 e. The Morgan fingerprint density at radius 2 is 2.44 bits per heavy atom. The zero-order chi connectivity index (χ0) is 11.4. The summed E-state index contributed by atoms with van der Waals surface area (Å²) >= 11 is 5.75. The van der Waals surface area contributed by atoms with Crippen LogP contribution in [0.1, 0.15) is 0 Å². The molecule has 0 spiro atoms. The summed E-state index contributed by atoms with van der Waals surface area (Å²) < 4.78 is 1.42. The fraction of sp³-hybridized carbons (Fsp3) is 0.111. The molecular weight excluding hydrogens is 230 g/mol. The van der Waals surface area contributed by atoms with E-state index in [4.69, 9.17) is 11.6 Å². The number of nitrogens with zero attached hydrogens (tertiary/aromatic N) is 4. The van der Waals surface area contributed by atoms with Crippen molar-refractivity contribution in [3.63, 3.8) is 0 Å². The lowest BCUT2D eigenvalue weighted by molar-refractivity contribution is -0.116. The second-order valence-electron chi connectivity index (χ2n) is 3.00. The summed E-state index contributed by atoms with van der Waals surface area (Å²) in [4.78, 5) is 19.2. The van der Waals surface area contributed by atoms with Gasteiger partial charge in [-0.25, -0.2) is 14.6 Å². The van der Waals surface area contributed by atoms with Gasteiger partial charge in [-0.1, -0.05) is 11.6 Å². The first-order chi connectivity index (χ1) is 7.74. The molecule has 7 heteroatoms. The molecule has 1 N–H and O–H groups in total. The maximum atomic E-state index is 11.5. The van der Waals surface area contributed by atoms with Gasteiger partial charge in [0, 0.05) is 11.2 Å². The highest BCUT2D eigenvalue weighted by Gasteiger charge is 2.04. The maximum Gasteiger partial charge on any atom is 0.247 e. The standard InChI is InChI=1S/C9H8ClN5O/c10-7-1-2-12-8(3-7)14-9(16)4-15-6-11-5-13-15/h1-3,5-6H,4H2,(H,12,14,16). The van der Waals surface area contributed by atoms with Crippen molar-refractivity contribution in [1.82, 2.24) is 19.7 Å². The minimum Gasteiger partial charge on any atom is -0.309 e. The smallest absolute Gasteiger partial charge is 0.247 e. The lowest BCUT2D eigenvalue weighted by atomic mass is 10.4. The second-order valence-corrected chi connectivity index (χ2v) is 3.44. The molecule has 0 saturated carbocycles. The molecule has 2 rings (SSSR count). The van der Waals surface area contributed by atoms with E-state index in [9.17, 15) is 4.79 Å². The Balaban J connectivity index is 1.97. The van der Waals surface area contributed by atoms with Crippen LogP contribution in [0.4, 0.5) is 5.82 Å². The summed E-state index contributed by atoms with van der Waals surface area (Å²) in [5.41, 5.74) is 0. The van der Waals surface area contributed by atoms with Gasteiger partial charge in [0.1, 0.15) is 25.0 Å². The van der Waals surface area contributed by atoms with Gasteiger partial charge in [-0.05, 0) is 12.1 Å². The highest BCUT2D eigenvalue weighted by Crippen LogP contribution is 2.11. The van der Waals surface area contributed by atoms with Crippen molar-refractivity contribution in [2.24, 2.45) is 0 Å². The van der Waals surface area contributed by atoms with Crippen LogP contribution in [0, 0.1) is 0 Å². The number of hydrogen-bond donors (Lipinski definition) is 1. The number of aromatic nitrogens is 4. The molecular formula is C9H8ClN5O. The zero-order valence-electron chi connectivity index (χ0n) is 8.17. The minimum absolute atomic E-state index is 0.0915. The lowest BCUT2D eigenvalue weighted by Gasteiger charge is -2.03. The molecule has 2 aromatic rings. The van der Waals surface area contributed by atoms with Crippen molar-refractivity contribution in [3.05, 3.63) is 36.0 Å². The van der Waals surface area contributed by atoms with E-state index in [0.29, 0.717) is 10.8 Å². The molecule has 6 nitrogen and oxygen atoms in total. The molecule has 0 aromatic carbocycles. The number of nitrogens with one attached hydrogen (secondary N) is 1. The van der Waals surface area contributed by atoms with E-state index in [1.54, 1.807) is 12.1 Å². The molecule has 0 aliphatic carbocycles. The van der Waals surface area contributed by atoms with Gasteiger partial charge in [0.2, 0.25) is 5.91 Å². The van der Waals surface area contributed by atoms with Gasteiger partial charge in [-0.2, -0.15) is 5.10 Å². The van der Waals surface area contributed by atoms with Crippen LogP contribution in [0.5, 0.6) is 0 Å². The molecule has 0 saturated heterocycles. The number of carbonyl (C=O) groups is 1. The van der Waals surface area contributed by atoms with E-state index in [-0.39, 0.29) is 12.5 Å². The predicted octanol–water partition coefficient (Wildman–Crippen LogP) is 0.965. The summed E-state index contributed by atoms with van der Waals surface area (Å²) in [5.74, 6) is 0.179. The average Bonchev–Trinajstić information content (AvgIpc) is 2.70. The van der Waals surface area contributed by atoms with E-state index < -0.39 is 0 Å². The lowest BCUT2D eigenvalue weighted by Crippen LogP contribution is -2.19. The van der Waals surface area contributed by atoms with Gasteiger partial charge in [-0.3, -0.25) is 4.79 Å². The molecule has 0 fully saturated rings. The maximum absolute atomic E-state index is 11.5. The molecule has 0 aliphatic rings. The topological polar surface area (TPSA) is 72.7 Å². The van der Waals surface area contributed by atoms with E-state index in [2.05, 4.69) is 20.4 Å². The first-order valence-electron chi connectivity index (χ1n) is 4.48. The van der Waals surface area contributed by atoms with E-state index in [1.807, 2.05) is 0 Å². The summed E-state index contributed by atoms with van der Waals surface area (Å²) in [6.45, 7) is 0.0915. The van der Waals surface area contributed by atoms with E-state index in [0.717, 1.165) is 0 Å². The Kier molecular flexibility index (Phi) is 3.11. The van der Waals surface area contributed by atoms with Crippen LogP contribution in [-0.4, -0.2) is 25.7 Å². The molecule has 1 amide bonds. The highest BCUT2D eigenvalue weighted by molar-refractivity contribution is 6.30. The number of halogens is 1. The summed E-state index contributed by atoms with van der Waals surface area (Å²) in [6, 6.07) is 3.20. The third kappa shape index (κ3) is 2.77. The zero-order valence-corrected chi connectivity index (χ0v) is 8.92. The monoisotopic (exact) mass is 237 g/mol. The third-order valence-corrected chi connectivity index (χ3v) is 2.00. The van der Waals surface area contributed by atoms with E-state index >= 15 is 0 Å². The molecule has 0 atom stereocenters. The van der Waals surface area contributed by atoms with E-state index in [1.165, 1.54) is 23.5 Å². The van der Waals surface area contributed by atoms with Gasteiger partial charge >= 0.3 is 0 Å². The van der Waals surface area contributed by atoms with Gasteiger partial charge < -0.3 is 5.32 Å². The second kappa shape index (κ2) is 4.71. The van der Waals surface area contributed by atoms with Crippen LogP contribution in [0.3, 0.4) is 0 Å². The SMILES string of the molecule is O=C(Cn1cncn1)Nc1cc(Cl)ccn1. The highest BCUT2D eigenvalue weighted by atomic mass is 35.5. The van der Waals surface area contributed by atoms with Crippen LogP contribution in [0.15, 0.2) is 31.0 Å². The van der Waals surface area contributed by atoms with Crippen LogP contribution >= 0.6 is 11.6 Å². The fourth-order valence-electron chi connectivity index (χ4n) is 1.12. The molecule has 16 heavy (non-hydrogen) atoms. The quantitative estimate of drug-likeness (QED) is 0.863. The number of anilines is 1. The molecule has 0 aliphatic heterocycles. The number of rotatable bonds is 3. The molecule has 0 radical (unpaired) electrons. The van der Waals surface area contributed by atoms with Crippen molar-refractivity contribution in [2.45, 2.75) is 6.54 Å². The van der Waals surface area contributed by atoms with Gasteiger partial charge in [-0.15, -0.1) is 0 Å². The van der Waals surface area contributed by atoms with Crippen LogP contribution in [-0.2, 0) is 11.3 Å². The van der Waals surface area contributed by atoms with Crippen molar-refractivity contribution in [3.8, 4) is 0 Å². The van der Waals surface area contributed by atoms with Gasteiger partial charge in [0.25, 0.3) is 0 Å². The van der Waals surface area contributed by atoms with Crippen LogP contribution < -0.4 is 5.32 Å². The van der Waals surface area contributed by atoms with Crippen molar-refractivity contribution < 1.29 is 4.79 Å². The normalized spacial score (nSPS) is 10.1. The van der Waals surface area contributed by atoms with Crippen molar-refractivity contribution in [2.75, 3.05) is 5.32 Å². The fourth-order valence-corrected chi connectivity index (χ4v) is 1.28. The Labute approximate surface area is 96.3 Å². The molecule has 2 heterocycles. The van der Waals surface area contributed by atoms with Crippen molar-refractivity contribution >= 4 is 23.3 Å². The molecule has 2 aromatic heterocycles. The molecule has 0 bridgehead atoms. The summed E-state index contributed by atoms with van der Waals surface area (Å²) in [7, 11) is 0. The Hall–Kier alpha value is -1.95. The first kappa shape index (κ1) is 10.6. The number of carbonyl (C=O) groups excluding carboxylic acids is 1. The minimum atomic E-state index is -0.236. The number of hydrogen-bond acceptors (Lipinski definition) is 4. The van der Waals surface area contributed by atoms with Gasteiger partial charge in [0.05, 0.1) is 0 Å². The Bertz CT molecular complexity index is 484. The number of pyridine rings is 1. The Morgan fingerprint density at radius 1 is 1.56 bits per heavy atom. The van der Waals surface area contributed by atoms with Crippen LogP contribution in [0.2, 0.25) is 5.02 Å². The predicted molar refractivity (Wildman–Crippen MR) is 57.9 cm³/mol. The average molecular weight is 238 g/mol. The Morgan fingerprint density at radius 3 is 3.12 bits per heavy atom. The first-order valence-corrected chi connectivity index (χ1v) is 4.85. The van der Waals surface area contributed by atoms with Crippen LogP contribution in [0.25, 0.3) is 0 Å². The third-order valence-electron chi connectivity index (χ3n) is 1.76. The summed E-state index contributed by atoms with van der Waals surface area (Å²) in [6.07, 6.45) is 4.35. The van der Waals surface area contributed by atoms with Crippen molar-refractivity contribution in [1.29, 1.82) is 0 Å². The number of amides is 1. The molecule has 0 unspecified atom stereocenters. The van der Waals surface area contributed by atoms with Gasteiger partial charge in [0.15, 0.2) is 0 Å².